The topological polar surface area (TPSA) is 58.4 Å². The normalized spacial score (nSPS) is 16.9. The van der Waals surface area contributed by atoms with Crippen molar-refractivity contribution >= 4 is 23.2 Å². The minimum atomic E-state index is -0.0972. The molecule has 1 aromatic carbocycles. The quantitative estimate of drug-likeness (QED) is 0.756. The van der Waals surface area contributed by atoms with Crippen LogP contribution >= 0.6 is 11.6 Å². The molecule has 0 atom stereocenters. The Morgan fingerprint density at radius 3 is 2.81 bits per heavy atom. The van der Waals surface area contributed by atoms with Crippen LogP contribution in [0.15, 0.2) is 18.2 Å². The number of rotatable bonds is 2. The van der Waals surface area contributed by atoms with Crippen LogP contribution in [0.25, 0.3) is 0 Å². The molecule has 86 valence electrons. The Bertz CT molecular complexity index is 416. The maximum atomic E-state index is 11.8. The van der Waals surface area contributed by atoms with Crippen LogP contribution in [0, 0.1) is 0 Å². The fourth-order valence-electron chi connectivity index (χ4n) is 1.73. The SMILES string of the molecule is CN1CC(NC(=O)c2ccc(N)c(Cl)c2)C1. The summed E-state index contributed by atoms with van der Waals surface area (Å²) in [5.41, 5.74) is 6.61. The smallest absolute Gasteiger partial charge is 0.251 e. The van der Waals surface area contributed by atoms with Crippen molar-refractivity contribution in [3.8, 4) is 0 Å². The lowest BCUT2D eigenvalue weighted by molar-refractivity contribution is 0.0858. The average Bonchev–Trinajstić information content (AvgIpc) is 2.19. The number of nitrogen functional groups attached to an aromatic ring is 1. The molecule has 0 saturated carbocycles. The van der Waals surface area contributed by atoms with Gasteiger partial charge in [-0.05, 0) is 25.2 Å². The summed E-state index contributed by atoms with van der Waals surface area (Å²) < 4.78 is 0. The van der Waals surface area contributed by atoms with Crippen molar-refractivity contribution in [1.29, 1.82) is 0 Å². The molecule has 4 nitrogen and oxygen atoms in total. The molecule has 0 spiro atoms. The van der Waals surface area contributed by atoms with E-state index in [0.717, 1.165) is 13.1 Å². The van der Waals surface area contributed by atoms with Crippen LogP contribution in [-0.2, 0) is 0 Å². The number of hydrogen-bond acceptors (Lipinski definition) is 3. The van der Waals surface area contributed by atoms with Gasteiger partial charge in [0.05, 0.1) is 16.8 Å². The number of hydrogen-bond donors (Lipinski definition) is 2. The van der Waals surface area contributed by atoms with Crippen molar-refractivity contribution in [2.75, 3.05) is 25.9 Å². The number of nitrogens with two attached hydrogens (primary N) is 1. The third kappa shape index (κ3) is 2.28. The molecule has 1 aromatic rings. The summed E-state index contributed by atoms with van der Waals surface area (Å²) in [4.78, 5) is 13.9. The molecule has 1 aliphatic heterocycles. The highest BCUT2D eigenvalue weighted by Crippen LogP contribution is 2.19. The molecular weight excluding hydrogens is 226 g/mol. The molecule has 0 aromatic heterocycles. The third-order valence-electron chi connectivity index (χ3n) is 2.66. The Morgan fingerprint density at radius 2 is 2.25 bits per heavy atom. The Hall–Kier alpha value is -1.26. The number of likely N-dealkylation sites (N-methyl/N-ethyl adjacent to an activating group) is 1. The summed E-state index contributed by atoms with van der Waals surface area (Å²) in [7, 11) is 2.02. The average molecular weight is 240 g/mol. The number of nitrogens with zero attached hydrogens (tertiary/aromatic N) is 1. The molecular formula is C11H14ClN3O. The summed E-state index contributed by atoms with van der Waals surface area (Å²) in [6.45, 7) is 1.79. The first kappa shape index (κ1) is 11.2. The zero-order valence-electron chi connectivity index (χ0n) is 9.03. The summed E-state index contributed by atoms with van der Waals surface area (Å²) >= 11 is 5.85. The van der Waals surface area contributed by atoms with E-state index in [9.17, 15) is 4.79 Å². The predicted molar refractivity (Wildman–Crippen MR) is 64.6 cm³/mol. The molecule has 0 radical (unpaired) electrons. The minimum Gasteiger partial charge on any atom is -0.398 e. The Morgan fingerprint density at radius 1 is 1.56 bits per heavy atom. The van der Waals surface area contributed by atoms with Gasteiger partial charge in [0.2, 0.25) is 0 Å². The molecule has 1 saturated heterocycles. The molecule has 1 amide bonds. The fourth-order valence-corrected chi connectivity index (χ4v) is 1.91. The first-order valence-corrected chi connectivity index (χ1v) is 5.48. The van der Waals surface area contributed by atoms with Gasteiger partial charge < -0.3 is 16.0 Å². The first-order chi connectivity index (χ1) is 7.56. The zero-order chi connectivity index (χ0) is 11.7. The van der Waals surface area contributed by atoms with Crippen molar-refractivity contribution in [1.82, 2.24) is 10.2 Å². The van der Waals surface area contributed by atoms with E-state index in [0.29, 0.717) is 16.3 Å². The van der Waals surface area contributed by atoms with E-state index < -0.39 is 0 Å². The maximum Gasteiger partial charge on any atom is 0.251 e. The van der Waals surface area contributed by atoms with Gasteiger partial charge in [-0.2, -0.15) is 0 Å². The zero-order valence-corrected chi connectivity index (χ0v) is 9.79. The molecule has 0 aliphatic carbocycles. The van der Waals surface area contributed by atoms with Crippen molar-refractivity contribution in [3.63, 3.8) is 0 Å². The van der Waals surface area contributed by atoms with E-state index in [-0.39, 0.29) is 11.9 Å². The number of carbonyl (C=O) groups is 1. The molecule has 5 heteroatoms. The van der Waals surface area contributed by atoms with E-state index in [1.54, 1.807) is 18.2 Å². The number of nitrogens with one attached hydrogen (secondary N) is 1. The van der Waals surface area contributed by atoms with E-state index in [2.05, 4.69) is 10.2 Å². The van der Waals surface area contributed by atoms with Gasteiger partial charge in [-0.1, -0.05) is 11.6 Å². The molecule has 1 aliphatic rings. The monoisotopic (exact) mass is 239 g/mol. The molecule has 1 fully saturated rings. The number of carbonyl (C=O) groups excluding carboxylic acids is 1. The van der Waals surface area contributed by atoms with Gasteiger partial charge in [0.25, 0.3) is 5.91 Å². The third-order valence-corrected chi connectivity index (χ3v) is 2.99. The van der Waals surface area contributed by atoms with Crippen LogP contribution in [0.1, 0.15) is 10.4 Å². The van der Waals surface area contributed by atoms with Crippen LogP contribution in [0.4, 0.5) is 5.69 Å². The Kier molecular flexibility index (Phi) is 3.03. The lowest BCUT2D eigenvalue weighted by Gasteiger charge is -2.36. The summed E-state index contributed by atoms with van der Waals surface area (Å²) in [6.07, 6.45) is 0. The lowest BCUT2D eigenvalue weighted by Crippen LogP contribution is -2.57. The second-order valence-corrected chi connectivity index (χ2v) is 4.54. The molecule has 1 heterocycles. The van der Waals surface area contributed by atoms with Crippen molar-refractivity contribution in [3.05, 3.63) is 28.8 Å². The number of benzene rings is 1. The summed E-state index contributed by atoms with van der Waals surface area (Å²) in [6, 6.07) is 5.16. The Balaban J connectivity index is 2.01. The van der Waals surface area contributed by atoms with E-state index in [1.165, 1.54) is 0 Å². The van der Waals surface area contributed by atoms with Crippen molar-refractivity contribution in [2.45, 2.75) is 6.04 Å². The molecule has 0 bridgehead atoms. The highest BCUT2D eigenvalue weighted by molar-refractivity contribution is 6.33. The number of halogens is 1. The van der Waals surface area contributed by atoms with E-state index in [4.69, 9.17) is 17.3 Å². The molecule has 0 unspecified atom stereocenters. The maximum absolute atomic E-state index is 11.8. The predicted octanol–water partition coefficient (Wildman–Crippen LogP) is 0.966. The largest absolute Gasteiger partial charge is 0.398 e. The molecule has 16 heavy (non-hydrogen) atoms. The number of anilines is 1. The van der Waals surface area contributed by atoms with Gasteiger partial charge in [0.15, 0.2) is 0 Å². The van der Waals surface area contributed by atoms with Crippen LogP contribution in [0.2, 0.25) is 5.02 Å². The number of likely N-dealkylation sites (tertiary alicyclic amines) is 1. The standard InChI is InChI=1S/C11H14ClN3O/c1-15-5-8(6-15)14-11(16)7-2-3-10(13)9(12)4-7/h2-4,8H,5-6,13H2,1H3,(H,14,16). The van der Waals surface area contributed by atoms with Crippen LogP contribution in [0.5, 0.6) is 0 Å². The minimum absolute atomic E-state index is 0.0972. The van der Waals surface area contributed by atoms with Gasteiger partial charge in [0, 0.05) is 18.7 Å². The number of amides is 1. The van der Waals surface area contributed by atoms with Gasteiger partial charge in [-0.15, -0.1) is 0 Å². The summed E-state index contributed by atoms with van der Waals surface area (Å²) in [5.74, 6) is -0.0972. The van der Waals surface area contributed by atoms with Crippen LogP contribution < -0.4 is 11.1 Å². The van der Waals surface area contributed by atoms with Gasteiger partial charge in [-0.3, -0.25) is 4.79 Å². The highest BCUT2D eigenvalue weighted by Gasteiger charge is 2.24. The second kappa shape index (κ2) is 4.31. The van der Waals surface area contributed by atoms with Gasteiger partial charge >= 0.3 is 0 Å². The van der Waals surface area contributed by atoms with Gasteiger partial charge in [-0.25, -0.2) is 0 Å². The fraction of sp³-hybridized carbons (Fsp3) is 0.364. The first-order valence-electron chi connectivity index (χ1n) is 5.10. The highest BCUT2D eigenvalue weighted by atomic mass is 35.5. The Labute approximate surface area is 99.4 Å². The van der Waals surface area contributed by atoms with E-state index in [1.807, 2.05) is 7.05 Å². The van der Waals surface area contributed by atoms with Crippen LogP contribution in [-0.4, -0.2) is 37.0 Å². The van der Waals surface area contributed by atoms with Crippen molar-refractivity contribution in [2.24, 2.45) is 0 Å². The molecule has 3 N–H and O–H groups in total. The van der Waals surface area contributed by atoms with Gasteiger partial charge in [0.1, 0.15) is 0 Å². The summed E-state index contributed by atoms with van der Waals surface area (Å²) in [5, 5.41) is 3.34. The van der Waals surface area contributed by atoms with E-state index >= 15 is 0 Å². The van der Waals surface area contributed by atoms with Crippen molar-refractivity contribution < 1.29 is 4.79 Å². The lowest BCUT2D eigenvalue weighted by atomic mass is 10.1. The molecule has 2 rings (SSSR count). The second-order valence-electron chi connectivity index (χ2n) is 4.13. The van der Waals surface area contributed by atoms with Crippen LogP contribution in [0.3, 0.4) is 0 Å².